The van der Waals surface area contributed by atoms with Crippen molar-refractivity contribution in [1.82, 2.24) is 10.2 Å². The van der Waals surface area contributed by atoms with Gasteiger partial charge in [-0.05, 0) is 43.5 Å². The second-order valence-corrected chi connectivity index (χ2v) is 6.67. The van der Waals surface area contributed by atoms with Gasteiger partial charge in [-0.2, -0.15) is 0 Å². The second kappa shape index (κ2) is 13.2. The summed E-state index contributed by atoms with van der Waals surface area (Å²) in [5.74, 6) is 2.17. The van der Waals surface area contributed by atoms with E-state index in [9.17, 15) is 0 Å². The zero-order chi connectivity index (χ0) is 17.9. The summed E-state index contributed by atoms with van der Waals surface area (Å²) in [5.41, 5.74) is 7.03. The van der Waals surface area contributed by atoms with Crippen molar-refractivity contribution < 1.29 is 9.47 Å². The Balaban J connectivity index is 0.00000338. The number of likely N-dealkylation sites (N-methyl/N-ethyl adjacent to an activating group) is 1. The molecule has 1 aromatic carbocycles. The smallest absolute Gasteiger partial charge is 0.188 e. The first-order valence-electron chi connectivity index (χ1n) is 9.10. The summed E-state index contributed by atoms with van der Waals surface area (Å²) in [6, 6.07) is 8.03. The summed E-state index contributed by atoms with van der Waals surface area (Å²) in [6.45, 7) is 4.66. The zero-order valence-electron chi connectivity index (χ0n) is 15.9. The maximum Gasteiger partial charge on any atom is 0.188 e. The molecule has 0 atom stereocenters. The molecule has 148 valence electrons. The maximum absolute atomic E-state index is 5.93. The Morgan fingerprint density at radius 2 is 2.08 bits per heavy atom. The molecule has 3 N–H and O–H groups in total. The van der Waals surface area contributed by atoms with E-state index in [-0.39, 0.29) is 24.0 Å². The molecule has 0 aromatic heterocycles. The average Bonchev–Trinajstić information content (AvgIpc) is 2.57. The highest BCUT2D eigenvalue weighted by Gasteiger charge is 2.16. The van der Waals surface area contributed by atoms with Gasteiger partial charge in [0.15, 0.2) is 5.96 Å². The molecule has 0 aliphatic heterocycles. The fourth-order valence-corrected chi connectivity index (χ4v) is 2.59. The molecule has 0 radical (unpaired) electrons. The van der Waals surface area contributed by atoms with E-state index in [0.717, 1.165) is 43.5 Å². The van der Waals surface area contributed by atoms with E-state index >= 15 is 0 Å². The summed E-state index contributed by atoms with van der Waals surface area (Å²) < 4.78 is 10.9. The first-order valence-corrected chi connectivity index (χ1v) is 9.10. The number of aliphatic imine (C=N–C) groups is 1. The monoisotopic (exact) mass is 476 g/mol. The summed E-state index contributed by atoms with van der Waals surface area (Å²) >= 11 is 0. The molecule has 26 heavy (non-hydrogen) atoms. The molecule has 0 heterocycles. The summed E-state index contributed by atoms with van der Waals surface area (Å²) in [5, 5.41) is 3.21. The molecule has 1 fully saturated rings. The Bertz CT molecular complexity index is 538. The van der Waals surface area contributed by atoms with Crippen LogP contribution in [0.3, 0.4) is 0 Å². The number of nitrogens with two attached hydrogens (primary N) is 1. The third kappa shape index (κ3) is 9.05. The Hall–Kier alpha value is -1.06. The maximum atomic E-state index is 5.93. The molecule has 1 aromatic rings. The molecule has 0 spiro atoms. The van der Waals surface area contributed by atoms with Gasteiger partial charge in [-0.15, -0.1) is 24.0 Å². The van der Waals surface area contributed by atoms with E-state index in [0.29, 0.717) is 19.1 Å². The minimum Gasteiger partial charge on any atom is -0.492 e. The molecule has 1 aliphatic carbocycles. The van der Waals surface area contributed by atoms with Crippen LogP contribution in [0.25, 0.3) is 0 Å². The van der Waals surface area contributed by atoms with Gasteiger partial charge in [0, 0.05) is 26.7 Å². The number of methoxy groups -OCH3 is 1. The lowest BCUT2D eigenvalue weighted by molar-refractivity contribution is 0.150. The van der Waals surface area contributed by atoms with Gasteiger partial charge in [0.05, 0.1) is 13.2 Å². The topological polar surface area (TPSA) is 72.1 Å². The van der Waals surface area contributed by atoms with Crippen LogP contribution < -0.4 is 15.8 Å². The third-order valence-electron chi connectivity index (χ3n) is 4.55. The second-order valence-electron chi connectivity index (χ2n) is 6.67. The number of rotatable bonds is 11. The lowest BCUT2D eigenvalue weighted by Gasteiger charge is -2.25. The standard InChI is InChI=1S/C19H32N4O2.HI/c1-23(9-11-24-2)10-12-25-18-8-4-7-17(13-18)15-22-19(20)21-14-16-5-3-6-16;/h4,7-8,13,16H,3,5-6,9-12,14-15H2,1-2H3,(H3,20,21,22);1H. The third-order valence-corrected chi connectivity index (χ3v) is 4.55. The SMILES string of the molecule is COCCN(C)CCOc1cccc(CN=C(N)NCC2CCC2)c1.I. The summed E-state index contributed by atoms with van der Waals surface area (Å²) in [7, 11) is 3.78. The highest BCUT2D eigenvalue weighted by atomic mass is 127. The fourth-order valence-electron chi connectivity index (χ4n) is 2.59. The predicted molar refractivity (Wildman–Crippen MR) is 117 cm³/mol. The van der Waals surface area contributed by atoms with Crippen LogP contribution in [0.5, 0.6) is 5.75 Å². The average molecular weight is 476 g/mol. The first kappa shape index (κ1) is 23.0. The lowest BCUT2D eigenvalue weighted by Crippen LogP contribution is -2.37. The van der Waals surface area contributed by atoms with E-state index < -0.39 is 0 Å². The van der Waals surface area contributed by atoms with E-state index in [4.69, 9.17) is 15.2 Å². The molecule has 1 saturated carbocycles. The van der Waals surface area contributed by atoms with Gasteiger partial charge in [0.2, 0.25) is 0 Å². The first-order chi connectivity index (χ1) is 12.2. The van der Waals surface area contributed by atoms with Gasteiger partial charge in [-0.1, -0.05) is 18.6 Å². The van der Waals surface area contributed by atoms with Crippen molar-refractivity contribution in [1.29, 1.82) is 0 Å². The molecule has 6 nitrogen and oxygen atoms in total. The molecule has 0 saturated heterocycles. The minimum atomic E-state index is 0. The molecule has 7 heteroatoms. The van der Waals surface area contributed by atoms with Crippen LogP contribution in [-0.4, -0.2) is 57.9 Å². The van der Waals surface area contributed by atoms with Crippen molar-refractivity contribution in [2.45, 2.75) is 25.8 Å². The molecule has 1 aliphatic rings. The van der Waals surface area contributed by atoms with E-state index in [1.807, 2.05) is 24.3 Å². The Kier molecular flexibility index (Phi) is 11.6. The number of benzene rings is 1. The van der Waals surface area contributed by atoms with Crippen LogP contribution in [0.1, 0.15) is 24.8 Å². The minimum absolute atomic E-state index is 0. The van der Waals surface area contributed by atoms with E-state index in [1.54, 1.807) is 7.11 Å². The van der Waals surface area contributed by atoms with E-state index in [1.165, 1.54) is 19.3 Å². The van der Waals surface area contributed by atoms with Crippen LogP contribution in [0.2, 0.25) is 0 Å². The lowest BCUT2D eigenvalue weighted by atomic mass is 9.85. The van der Waals surface area contributed by atoms with Gasteiger partial charge in [-0.25, -0.2) is 4.99 Å². The van der Waals surface area contributed by atoms with Crippen LogP contribution in [-0.2, 0) is 11.3 Å². The molecule has 2 rings (SSSR count). The zero-order valence-corrected chi connectivity index (χ0v) is 18.3. The number of nitrogens with zero attached hydrogens (tertiary/aromatic N) is 2. The number of hydrogen-bond acceptors (Lipinski definition) is 4. The van der Waals surface area contributed by atoms with Crippen molar-refractivity contribution in [3.05, 3.63) is 29.8 Å². The van der Waals surface area contributed by atoms with Gasteiger partial charge in [0.25, 0.3) is 0 Å². The highest BCUT2D eigenvalue weighted by molar-refractivity contribution is 14.0. The Labute approximate surface area is 174 Å². The van der Waals surface area contributed by atoms with Crippen molar-refractivity contribution in [3.8, 4) is 5.75 Å². The summed E-state index contributed by atoms with van der Waals surface area (Å²) in [4.78, 5) is 6.60. The quantitative estimate of drug-likeness (QED) is 0.292. The van der Waals surface area contributed by atoms with E-state index in [2.05, 4.69) is 22.3 Å². The van der Waals surface area contributed by atoms with Gasteiger partial charge >= 0.3 is 0 Å². The van der Waals surface area contributed by atoms with Crippen LogP contribution in [0, 0.1) is 5.92 Å². The Morgan fingerprint density at radius 1 is 1.31 bits per heavy atom. The van der Waals surface area contributed by atoms with Crippen molar-refractivity contribution in [2.24, 2.45) is 16.6 Å². The number of hydrogen-bond donors (Lipinski definition) is 2. The fraction of sp³-hybridized carbons (Fsp3) is 0.632. The van der Waals surface area contributed by atoms with Crippen LogP contribution in [0.4, 0.5) is 0 Å². The van der Waals surface area contributed by atoms with Crippen molar-refractivity contribution in [3.63, 3.8) is 0 Å². The largest absolute Gasteiger partial charge is 0.492 e. The van der Waals surface area contributed by atoms with Gasteiger partial charge in [-0.3, -0.25) is 0 Å². The number of guanidine groups is 1. The van der Waals surface area contributed by atoms with Crippen LogP contribution >= 0.6 is 24.0 Å². The number of ether oxygens (including phenoxy) is 2. The number of halogens is 1. The number of nitrogens with one attached hydrogen (secondary N) is 1. The molecule has 0 amide bonds. The van der Waals surface area contributed by atoms with Gasteiger partial charge < -0.3 is 25.4 Å². The molecular weight excluding hydrogens is 443 g/mol. The highest BCUT2D eigenvalue weighted by Crippen LogP contribution is 2.25. The summed E-state index contributed by atoms with van der Waals surface area (Å²) in [6.07, 6.45) is 3.96. The predicted octanol–water partition coefficient (Wildman–Crippen LogP) is 2.47. The molecule has 0 unspecified atom stereocenters. The van der Waals surface area contributed by atoms with Crippen molar-refractivity contribution in [2.75, 3.05) is 47.0 Å². The Morgan fingerprint density at radius 3 is 2.77 bits per heavy atom. The van der Waals surface area contributed by atoms with Crippen LogP contribution in [0.15, 0.2) is 29.3 Å². The molecular formula is C19H33IN4O2. The van der Waals surface area contributed by atoms with Gasteiger partial charge in [0.1, 0.15) is 12.4 Å². The normalized spacial score (nSPS) is 14.7. The van der Waals surface area contributed by atoms with Crippen molar-refractivity contribution >= 4 is 29.9 Å². The molecule has 0 bridgehead atoms.